The van der Waals surface area contributed by atoms with Crippen molar-refractivity contribution in [1.82, 2.24) is 4.31 Å². The van der Waals surface area contributed by atoms with Crippen LogP contribution in [-0.2, 0) is 25.0 Å². The van der Waals surface area contributed by atoms with Gasteiger partial charge in [-0.25, -0.2) is 12.8 Å². The number of halogens is 3. The fourth-order valence-corrected chi connectivity index (χ4v) is 4.80. The molecule has 1 aliphatic rings. The van der Waals surface area contributed by atoms with E-state index < -0.39 is 32.1 Å². The molecule has 0 saturated carbocycles. The first-order valence-corrected chi connectivity index (χ1v) is 11.4. The molecule has 0 aliphatic carbocycles. The van der Waals surface area contributed by atoms with Crippen LogP contribution in [0.2, 0.25) is 10.0 Å². The van der Waals surface area contributed by atoms with Gasteiger partial charge < -0.3 is 10.1 Å². The lowest BCUT2D eigenvalue weighted by atomic mass is 9.83. The molecule has 6 nitrogen and oxygen atoms in total. The van der Waals surface area contributed by atoms with E-state index in [1.54, 1.807) is 32.0 Å². The Hall–Kier alpha value is -1.71. The van der Waals surface area contributed by atoms with Crippen molar-refractivity contribution in [2.24, 2.45) is 0 Å². The molecule has 0 spiro atoms. The average Bonchev–Trinajstić information content (AvgIpc) is 2.71. The third-order valence-electron chi connectivity index (χ3n) is 4.99. The lowest BCUT2D eigenvalue weighted by Gasteiger charge is -2.27. The molecule has 1 saturated heterocycles. The highest BCUT2D eigenvalue weighted by molar-refractivity contribution is 7.89. The summed E-state index contributed by atoms with van der Waals surface area (Å²) in [5.41, 5.74) is -0.217. The predicted molar refractivity (Wildman–Crippen MR) is 114 cm³/mol. The van der Waals surface area contributed by atoms with Crippen molar-refractivity contribution in [3.05, 3.63) is 57.8 Å². The quantitative estimate of drug-likeness (QED) is 0.708. The van der Waals surface area contributed by atoms with Gasteiger partial charge in [-0.2, -0.15) is 4.31 Å². The third-order valence-corrected chi connectivity index (χ3v) is 7.64. The van der Waals surface area contributed by atoms with Gasteiger partial charge in [0.2, 0.25) is 15.9 Å². The van der Waals surface area contributed by atoms with Gasteiger partial charge in [-0.1, -0.05) is 29.3 Å². The number of ether oxygens (including phenoxy) is 1. The largest absolute Gasteiger partial charge is 0.379 e. The van der Waals surface area contributed by atoms with Gasteiger partial charge in [0.25, 0.3) is 0 Å². The number of hydrogen-bond donors (Lipinski definition) is 1. The van der Waals surface area contributed by atoms with Crippen LogP contribution in [-0.4, -0.2) is 44.9 Å². The number of sulfonamides is 1. The Bertz CT molecular complexity index is 1070. The molecule has 1 amide bonds. The van der Waals surface area contributed by atoms with Crippen LogP contribution < -0.4 is 5.32 Å². The normalized spacial score (nSPS) is 15.8. The molecule has 1 aliphatic heterocycles. The minimum Gasteiger partial charge on any atom is -0.379 e. The van der Waals surface area contributed by atoms with E-state index >= 15 is 0 Å². The fraction of sp³-hybridized carbons (Fsp3) is 0.350. The topological polar surface area (TPSA) is 75.7 Å². The highest BCUT2D eigenvalue weighted by atomic mass is 35.5. The molecule has 0 atom stereocenters. The van der Waals surface area contributed by atoms with Gasteiger partial charge in [0.1, 0.15) is 10.7 Å². The highest BCUT2D eigenvalue weighted by Gasteiger charge is 2.32. The van der Waals surface area contributed by atoms with E-state index in [0.29, 0.717) is 15.6 Å². The maximum atomic E-state index is 14.4. The van der Waals surface area contributed by atoms with E-state index in [0.717, 1.165) is 12.1 Å². The SMILES string of the molecule is CC(C)(C(=O)Nc1ccc(F)c(S(=O)(=O)N2CCOCC2)c1)c1ccc(Cl)c(Cl)c1. The van der Waals surface area contributed by atoms with Crippen LogP contribution in [0.5, 0.6) is 0 Å². The molecule has 0 radical (unpaired) electrons. The van der Waals surface area contributed by atoms with Crippen molar-refractivity contribution in [1.29, 1.82) is 0 Å². The number of anilines is 1. The molecule has 2 aromatic carbocycles. The molecule has 0 unspecified atom stereocenters. The van der Waals surface area contributed by atoms with Crippen LogP contribution >= 0.6 is 23.2 Å². The number of morpholine rings is 1. The summed E-state index contributed by atoms with van der Waals surface area (Å²) in [5.74, 6) is -1.30. The monoisotopic (exact) mass is 474 g/mol. The Labute approximate surface area is 185 Å². The second kappa shape index (κ2) is 8.80. The van der Waals surface area contributed by atoms with Crippen molar-refractivity contribution < 1.29 is 22.3 Å². The minimum absolute atomic E-state index is 0.142. The van der Waals surface area contributed by atoms with Crippen LogP contribution in [0.25, 0.3) is 0 Å². The third kappa shape index (κ3) is 4.63. The second-order valence-electron chi connectivity index (χ2n) is 7.37. The summed E-state index contributed by atoms with van der Waals surface area (Å²) in [5, 5.41) is 3.35. The molecule has 30 heavy (non-hydrogen) atoms. The molecular formula is C20H21Cl2FN2O4S. The molecule has 1 N–H and O–H groups in total. The lowest BCUT2D eigenvalue weighted by Crippen LogP contribution is -2.41. The maximum Gasteiger partial charge on any atom is 0.246 e. The molecule has 3 rings (SSSR count). The first-order valence-electron chi connectivity index (χ1n) is 9.18. The van der Waals surface area contributed by atoms with Crippen LogP contribution in [0.15, 0.2) is 41.3 Å². The van der Waals surface area contributed by atoms with Crippen LogP contribution in [0.4, 0.5) is 10.1 Å². The van der Waals surface area contributed by atoms with E-state index in [-0.39, 0.29) is 32.0 Å². The van der Waals surface area contributed by atoms with Gasteiger partial charge >= 0.3 is 0 Å². The number of amides is 1. The summed E-state index contributed by atoms with van der Waals surface area (Å²) in [6, 6.07) is 8.35. The van der Waals surface area contributed by atoms with Crippen LogP contribution in [0.1, 0.15) is 19.4 Å². The van der Waals surface area contributed by atoms with Crippen molar-refractivity contribution in [3.63, 3.8) is 0 Å². The van der Waals surface area contributed by atoms with Crippen LogP contribution in [0.3, 0.4) is 0 Å². The van der Waals surface area contributed by atoms with Crippen LogP contribution in [0, 0.1) is 5.82 Å². The summed E-state index contributed by atoms with van der Waals surface area (Å²) in [7, 11) is -4.05. The Balaban J connectivity index is 1.87. The van der Waals surface area contributed by atoms with Gasteiger partial charge in [-0.15, -0.1) is 0 Å². The van der Waals surface area contributed by atoms with E-state index in [1.165, 1.54) is 10.4 Å². The summed E-state index contributed by atoms with van der Waals surface area (Å²) < 4.78 is 46.3. The van der Waals surface area contributed by atoms with E-state index in [2.05, 4.69) is 5.32 Å². The van der Waals surface area contributed by atoms with Crippen molar-refractivity contribution in [3.8, 4) is 0 Å². The van der Waals surface area contributed by atoms with E-state index in [1.807, 2.05) is 0 Å². The molecule has 1 heterocycles. The number of rotatable bonds is 5. The molecule has 0 aromatic heterocycles. The number of carbonyl (C=O) groups is 1. The molecule has 162 valence electrons. The highest BCUT2D eigenvalue weighted by Crippen LogP contribution is 2.31. The average molecular weight is 475 g/mol. The van der Waals surface area contributed by atoms with Crippen molar-refractivity contribution in [2.45, 2.75) is 24.2 Å². The molecular weight excluding hydrogens is 454 g/mol. The lowest BCUT2D eigenvalue weighted by molar-refractivity contribution is -0.120. The predicted octanol–water partition coefficient (Wildman–Crippen LogP) is 4.07. The Morgan fingerprint density at radius 2 is 1.77 bits per heavy atom. The summed E-state index contributed by atoms with van der Waals surface area (Å²) in [6.45, 7) is 4.16. The second-order valence-corrected chi connectivity index (χ2v) is 10.1. The summed E-state index contributed by atoms with van der Waals surface area (Å²) in [4.78, 5) is 12.4. The van der Waals surface area contributed by atoms with Gasteiger partial charge in [0.15, 0.2) is 0 Å². The zero-order valence-electron chi connectivity index (χ0n) is 16.4. The Morgan fingerprint density at radius 1 is 1.10 bits per heavy atom. The standard InChI is InChI=1S/C20H21Cl2FN2O4S/c1-20(2,13-3-5-15(21)16(22)11-13)19(26)24-14-4-6-17(23)18(12-14)30(27,28)25-7-9-29-10-8-25/h3-6,11-12H,7-10H2,1-2H3,(H,24,26). The van der Waals surface area contributed by atoms with Gasteiger partial charge in [0.05, 0.1) is 28.7 Å². The van der Waals surface area contributed by atoms with Crippen molar-refractivity contribution in [2.75, 3.05) is 31.6 Å². The number of nitrogens with zero attached hydrogens (tertiary/aromatic N) is 1. The van der Waals surface area contributed by atoms with E-state index in [4.69, 9.17) is 27.9 Å². The summed E-state index contributed by atoms with van der Waals surface area (Å²) in [6.07, 6.45) is 0. The maximum absolute atomic E-state index is 14.4. The number of carbonyl (C=O) groups excluding carboxylic acids is 1. The molecule has 10 heteroatoms. The first kappa shape index (κ1) is 23.0. The van der Waals surface area contributed by atoms with Gasteiger partial charge in [-0.05, 0) is 49.7 Å². The van der Waals surface area contributed by atoms with Gasteiger partial charge in [0, 0.05) is 18.8 Å². The van der Waals surface area contributed by atoms with Crippen molar-refractivity contribution >= 4 is 44.8 Å². The smallest absolute Gasteiger partial charge is 0.246 e. The fourth-order valence-electron chi connectivity index (χ4n) is 3.01. The summed E-state index contributed by atoms with van der Waals surface area (Å²) >= 11 is 12.0. The first-order chi connectivity index (χ1) is 14.0. The minimum atomic E-state index is -4.05. The number of benzene rings is 2. The van der Waals surface area contributed by atoms with E-state index in [9.17, 15) is 17.6 Å². The number of nitrogens with one attached hydrogen (secondary N) is 1. The zero-order chi connectivity index (χ0) is 22.1. The van der Waals surface area contributed by atoms with Gasteiger partial charge in [-0.3, -0.25) is 4.79 Å². The zero-order valence-corrected chi connectivity index (χ0v) is 18.7. The molecule has 1 fully saturated rings. The molecule has 0 bridgehead atoms. The Morgan fingerprint density at radius 3 is 2.40 bits per heavy atom. The number of hydrogen-bond acceptors (Lipinski definition) is 4. The molecule has 2 aromatic rings. The Kier molecular flexibility index (Phi) is 6.74.